The van der Waals surface area contributed by atoms with Gasteiger partial charge in [0.15, 0.2) is 0 Å². The molecule has 0 aliphatic heterocycles. The summed E-state index contributed by atoms with van der Waals surface area (Å²) in [7, 11) is -3.70. The van der Waals surface area contributed by atoms with E-state index >= 15 is 0 Å². The van der Waals surface area contributed by atoms with Crippen molar-refractivity contribution in [3.05, 3.63) is 94.5 Å². The molecule has 0 saturated heterocycles. The second kappa shape index (κ2) is 9.35. The number of anilines is 1. The zero-order valence-corrected chi connectivity index (χ0v) is 19.1. The van der Waals surface area contributed by atoms with E-state index in [1.165, 1.54) is 5.56 Å². The van der Waals surface area contributed by atoms with Crippen LogP contribution in [0.1, 0.15) is 52.0 Å². The number of aryl methyl sites for hydroxylation is 3. The Labute approximate surface area is 184 Å². The van der Waals surface area contributed by atoms with Crippen LogP contribution in [0, 0.1) is 20.8 Å². The number of hydrogen-bond donors (Lipinski definition) is 2. The van der Waals surface area contributed by atoms with Gasteiger partial charge in [0.05, 0.1) is 16.6 Å². The molecular weight excluding hydrogens is 408 g/mol. The van der Waals surface area contributed by atoms with Crippen molar-refractivity contribution >= 4 is 21.6 Å². The largest absolute Gasteiger partial charge is 0.345 e. The molecule has 5 nitrogen and oxygen atoms in total. The van der Waals surface area contributed by atoms with Gasteiger partial charge < -0.3 is 5.32 Å². The topological polar surface area (TPSA) is 75.3 Å². The van der Waals surface area contributed by atoms with E-state index < -0.39 is 10.0 Å². The molecule has 0 aliphatic rings. The van der Waals surface area contributed by atoms with Gasteiger partial charge in [-0.25, -0.2) is 8.42 Å². The summed E-state index contributed by atoms with van der Waals surface area (Å²) < 4.78 is 27.9. The van der Waals surface area contributed by atoms with Crippen LogP contribution in [0.4, 0.5) is 5.69 Å². The molecule has 0 aromatic heterocycles. The molecule has 1 amide bonds. The van der Waals surface area contributed by atoms with Crippen molar-refractivity contribution in [1.29, 1.82) is 0 Å². The Morgan fingerprint density at radius 2 is 1.45 bits per heavy atom. The van der Waals surface area contributed by atoms with Crippen LogP contribution < -0.4 is 10.0 Å². The Balaban J connectivity index is 1.75. The number of rotatable bonds is 7. The summed E-state index contributed by atoms with van der Waals surface area (Å²) in [6, 6.07) is 19.6. The highest BCUT2D eigenvalue weighted by Gasteiger charge is 2.18. The van der Waals surface area contributed by atoms with Gasteiger partial charge in [0.25, 0.3) is 15.9 Å². The quantitative estimate of drug-likeness (QED) is 0.528. The molecule has 1 unspecified atom stereocenters. The molecule has 3 aromatic carbocycles. The van der Waals surface area contributed by atoms with Crippen LogP contribution in [0.3, 0.4) is 0 Å². The molecule has 0 fully saturated rings. The monoisotopic (exact) mass is 436 g/mol. The standard InChI is InChI=1S/C25H28N2O3S/c1-5-23(20-10-6-17(2)7-11-20)26-25(28)21-12-15-24(19(4)16-21)27-31(29,30)22-13-8-18(3)9-14-22/h6-16,23,27H,5H2,1-4H3,(H,26,28). The molecule has 0 spiro atoms. The minimum atomic E-state index is -3.70. The normalized spacial score (nSPS) is 12.3. The van der Waals surface area contributed by atoms with Gasteiger partial charge in [0.1, 0.15) is 0 Å². The van der Waals surface area contributed by atoms with Crippen LogP contribution in [0.5, 0.6) is 0 Å². The average Bonchev–Trinajstić information content (AvgIpc) is 2.74. The number of carbonyl (C=O) groups excluding carboxylic acids is 1. The first-order valence-electron chi connectivity index (χ1n) is 10.3. The molecule has 1 atom stereocenters. The molecule has 0 aliphatic carbocycles. The van der Waals surface area contributed by atoms with Crippen LogP contribution in [0.15, 0.2) is 71.6 Å². The fourth-order valence-corrected chi connectivity index (χ4v) is 4.43. The Morgan fingerprint density at radius 3 is 2.00 bits per heavy atom. The third-order valence-corrected chi connectivity index (χ3v) is 6.64. The van der Waals surface area contributed by atoms with Crippen LogP contribution in [0.2, 0.25) is 0 Å². The van der Waals surface area contributed by atoms with E-state index in [0.29, 0.717) is 16.8 Å². The van der Waals surface area contributed by atoms with Gasteiger partial charge in [-0.2, -0.15) is 0 Å². The summed E-state index contributed by atoms with van der Waals surface area (Å²) in [6.07, 6.45) is 0.766. The fraction of sp³-hybridized carbons (Fsp3) is 0.240. The summed E-state index contributed by atoms with van der Waals surface area (Å²) >= 11 is 0. The summed E-state index contributed by atoms with van der Waals surface area (Å²) in [4.78, 5) is 13.0. The molecule has 2 N–H and O–H groups in total. The highest BCUT2D eigenvalue weighted by atomic mass is 32.2. The number of sulfonamides is 1. The van der Waals surface area contributed by atoms with Gasteiger partial charge in [0, 0.05) is 5.56 Å². The number of hydrogen-bond acceptors (Lipinski definition) is 3. The second-order valence-electron chi connectivity index (χ2n) is 7.79. The molecule has 31 heavy (non-hydrogen) atoms. The minimum Gasteiger partial charge on any atom is -0.345 e. The number of amides is 1. The van der Waals surface area contributed by atoms with Gasteiger partial charge in [-0.1, -0.05) is 54.4 Å². The molecular formula is C25H28N2O3S. The number of nitrogens with one attached hydrogen (secondary N) is 2. The molecule has 0 heterocycles. The fourth-order valence-electron chi connectivity index (χ4n) is 3.30. The second-order valence-corrected chi connectivity index (χ2v) is 9.48. The van der Waals surface area contributed by atoms with Crippen LogP contribution in [-0.4, -0.2) is 14.3 Å². The molecule has 6 heteroatoms. The zero-order chi connectivity index (χ0) is 22.6. The van der Waals surface area contributed by atoms with E-state index in [1.807, 2.05) is 45.0 Å². The van der Waals surface area contributed by atoms with Gasteiger partial charge in [-0.05, 0) is 68.7 Å². The van der Waals surface area contributed by atoms with E-state index in [9.17, 15) is 13.2 Å². The predicted molar refractivity (Wildman–Crippen MR) is 125 cm³/mol. The number of carbonyl (C=O) groups is 1. The Kier molecular flexibility index (Phi) is 6.81. The van der Waals surface area contributed by atoms with Crippen LogP contribution >= 0.6 is 0 Å². The molecule has 3 rings (SSSR count). The molecule has 0 radical (unpaired) electrons. The maximum atomic E-state index is 12.8. The summed E-state index contributed by atoms with van der Waals surface area (Å²) in [6.45, 7) is 7.74. The highest BCUT2D eigenvalue weighted by Crippen LogP contribution is 2.23. The van der Waals surface area contributed by atoms with E-state index in [2.05, 4.69) is 10.0 Å². The van der Waals surface area contributed by atoms with Crippen molar-refractivity contribution in [2.24, 2.45) is 0 Å². The van der Waals surface area contributed by atoms with Gasteiger partial charge in [-0.3, -0.25) is 9.52 Å². The molecule has 3 aromatic rings. The Bertz CT molecular complexity index is 1170. The van der Waals surface area contributed by atoms with E-state index in [4.69, 9.17) is 0 Å². The lowest BCUT2D eigenvalue weighted by Gasteiger charge is -2.18. The first kappa shape index (κ1) is 22.6. The smallest absolute Gasteiger partial charge is 0.261 e. The number of benzene rings is 3. The third kappa shape index (κ3) is 5.52. The van der Waals surface area contributed by atoms with Crippen LogP contribution in [-0.2, 0) is 10.0 Å². The zero-order valence-electron chi connectivity index (χ0n) is 18.3. The summed E-state index contributed by atoms with van der Waals surface area (Å²) in [5.74, 6) is -0.191. The maximum Gasteiger partial charge on any atom is 0.261 e. The first-order chi connectivity index (χ1) is 14.7. The maximum absolute atomic E-state index is 12.8. The molecule has 162 valence electrons. The van der Waals surface area contributed by atoms with E-state index in [0.717, 1.165) is 17.5 Å². The van der Waals surface area contributed by atoms with Crippen LogP contribution in [0.25, 0.3) is 0 Å². The minimum absolute atomic E-state index is 0.0897. The van der Waals surface area contributed by atoms with E-state index in [-0.39, 0.29) is 16.8 Å². The predicted octanol–water partition coefficient (Wildman–Crippen LogP) is 5.29. The van der Waals surface area contributed by atoms with E-state index in [1.54, 1.807) is 49.4 Å². The lowest BCUT2D eigenvalue weighted by Crippen LogP contribution is -2.28. The molecule has 0 bridgehead atoms. The lowest BCUT2D eigenvalue weighted by atomic mass is 10.0. The lowest BCUT2D eigenvalue weighted by molar-refractivity contribution is 0.0935. The Hall–Kier alpha value is -3.12. The summed E-state index contributed by atoms with van der Waals surface area (Å²) in [5.41, 5.74) is 4.82. The van der Waals surface area contributed by atoms with Crippen molar-refractivity contribution in [3.8, 4) is 0 Å². The van der Waals surface area contributed by atoms with Gasteiger partial charge >= 0.3 is 0 Å². The van der Waals surface area contributed by atoms with Crippen molar-refractivity contribution in [1.82, 2.24) is 5.32 Å². The van der Waals surface area contributed by atoms with Gasteiger partial charge in [-0.15, -0.1) is 0 Å². The summed E-state index contributed by atoms with van der Waals surface area (Å²) in [5, 5.41) is 3.07. The first-order valence-corrected chi connectivity index (χ1v) is 11.8. The van der Waals surface area contributed by atoms with Crippen molar-refractivity contribution in [2.75, 3.05) is 4.72 Å². The molecule has 0 saturated carbocycles. The SMILES string of the molecule is CCC(NC(=O)c1ccc(NS(=O)(=O)c2ccc(C)cc2)c(C)c1)c1ccc(C)cc1. The van der Waals surface area contributed by atoms with Crippen molar-refractivity contribution in [2.45, 2.75) is 45.1 Å². The van der Waals surface area contributed by atoms with Crippen molar-refractivity contribution in [3.63, 3.8) is 0 Å². The average molecular weight is 437 g/mol. The Morgan fingerprint density at radius 1 is 0.871 bits per heavy atom. The van der Waals surface area contributed by atoms with Gasteiger partial charge in [0.2, 0.25) is 0 Å². The third-order valence-electron chi connectivity index (χ3n) is 5.26. The van der Waals surface area contributed by atoms with Crippen molar-refractivity contribution < 1.29 is 13.2 Å². The highest BCUT2D eigenvalue weighted by molar-refractivity contribution is 7.92.